The second-order valence-corrected chi connectivity index (χ2v) is 5.31. The van der Waals surface area contributed by atoms with Gasteiger partial charge in [-0.05, 0) is 30.4 Å². The summed E-state index contributed by atoms with van der Waals surface area (Å²) in [5.74, 6) is 0.134. The van der Waals surface area contributed by atoms with E-state index in [1.165, 1.54) is 6.08 Å². The zero-order valence-electron chi connectivity index (χ0n) is 11.0. The summed E-state index contributed by atoms with van der Waals surface area (Å²) in [5.41, 5.74) is 1.04. The summed E-state index contributed by atoms with van der Waals surface area (Å²) in [7, 11) is 0. The van der Waals surface area contributed by atoms with Crippen molar-refractivity contribution in [2.75, 3.05) is 12.8 Å². The highest BCUT2D eigenvalue weighted by molar-refractivity contribution is 7.98. The van der Waals surface area contributed by atoms with E-state index in [2.05, 4.69) is 0 Å². The van der Waals surface area contributed by atoms with Crippen molar-refractivity contribution < 1.29 is 9.59 Å². The largest absolute Gasteiger partial charge is 0.319 e. The van der Waals surface area contributed by atoms with Gasteiger partial charge in [-0.15, -0.1) is 11.8 Å². The van der Waals surface area contributed by atoms with Crippen LogP contribution in [-0.2, 0) is 16.0 Å². The van der Waals surface area contributed by atoms with E-state index in [0.717, 1.165) is 23.4 Å². The second kappa shape index (κ2) is 6.57. The first-order chi connectivity index (χ1) is 9.20. The lowest BCUT2D eigenvalue weighted by Crippen LogP contribution is -2.18. The van der Waals surface area contributed by atoms with Gasteiger partial charge in [0.1, 0.15) is 0 Å². The summed E-state index contributed by atoms with van der Waals surface area (Å²) in [6.07, 6.45) is 7.00. The van der Waals surface area contributed by atoms with E-state index in [1.807, 2.05) is 30.5 Å². The Kier molecular flexibility index (Phi) is 4.80. The molecule has 1 amide bonds. The van der Waals surface area contributed by atoms with E-state index in [4.69, 9.17) is 0 Å². The van der Waals surface area contributed by atoms with Crippen molar-refractivity contribution in [2.24, 2.45) is 0 Å². The lowest BCUT2D eigenvalue weighted by Gasteiger charge is -2.08. The van der Waals surface area contributed by atoms with Crippen molar-refractivity contribution in [1.29, 1.82) is 0 Å². The monoisotopic (exact) mass is 275 g/mol. The third kappa shape index (κ3) is 3.70. The predicted octanol–water partition coefficient (Wildman–Crippen LogP) is 2.66. The van der Waals surface area contributed by atoms with Crippen LogP contribution in [0.2, 0.25) is 0 Å². The number of likely N-dealkylation sites (tertiary alicyclic amines) is 1. The van der Waals surface area contributed by atoms with Crippen molar-refractivity contribution in [1.82, 2.24) is 4.90 Å². The van der Waals surface area contributed by atoms with Crippen molar-refractivity contribution in [3.63, 3.8) is 0 Å². The Bertz CT molecular complexity index is 511. The van der Waals surface area contributed by atoms with Gasteiger partial charge in [-0.3, -0.25) is 9.59 Å². The molecule has 2 rings (SSSR count). The third-order valence-corrected chi connectivity index (χ3v) is 3.95. The first-order valence-corrected chi connectivity index (χ1v) is 7.55. The summed E-state index contributed by atoms with van der Waals surface area (Å²) in [6.45, 7) is 0.726. The predicted molar refractivity (Wildman–Crippen MR) is 77.0 cm³/mol. The molecule has 4 heteroatoms. The van der Waals surface area contributed by atoms with Gasteiger partial charge >= 0.3 is 0 Å². The molecule has 0 aromatic heterocycles. The maximum atomic E-state index is 11.9. The first kappa shape index (κ1) is 13.9. The molecule has 3 nitrogen and oxygen atoms in total. The van der Waals surface area contributed by atoms with Crippen molar-refractivity contribution in [3.05, 3.63) is 42.1 Å². The summed E-state index contributed by atoms with van der Waals surface area (Å²) in [6, 6.07) is 7.90. The normalized spacial score (nSPS) is 15.4. The van der Waals surface area contributed by atoms with Gasteiger partial charge in [-0.2, -0.15) is 0 Å². The molecular weight excluding hydrogens is 258 g/mol. The third-order valence-electron chi connectivity index (χ3n) is 3.11. The van der Waals surface area contributed by atoms with E-state index in [-0.39, 0.29) is 11.7 Å². The molecule has 1 aliphatic rings. The van der Waals surface area contributed by atoms with Crippen LogP contribution in [0, 0.1) is 0 Å². The van der Waals surface area contributed by atoms with Gasteiger partial charge in [-0.1, -0.05) is 18.2 Å². The zero-order valence-corrected chi connectivity index (χ0v) is 11.8. The van der Waals surface area contributed by atoms with Crippen LogP contribution in [0.25, 0.3) is 0 Å². The number of hydrogen-bond donors (Lipinski definition) is 0. The lowest BCUT2D eigenvalue weighted by atomic mass is 10.1. The molecule has 1 aliphatic heterocycles. The maximum absolute atomic E-state index is 11.9. The Morgan fingerprint density at radius 1 is 1.42 bits per heavy atom. The van der Waals surface area contributed by atoms with E-state index in [9.17, 15) is 9.59 Å². The molecule has 0 N–H and O–H groups in total. The summed E-state index contributed by atoms with van der Waals surface area (Å²) in [4.78, 5) is 26.1. The molecule has 0 bridgehead atoms. The number of hydrogen-bond acceptors (Lipinski definition) is 3. The summed E-state index contributed by atoms with van der Waals surface area (Å²) < 4.78 is 0. The van der Waals surface area contributed by atoms with Crippen molar-refractivity contribution in [3.8, 4) is 0 Å². The number of nitrogens with zero attached hydrogens (tertiary/aromatic N) is 1. The highest BCUT2D eigenvalue weighted by Crippen LogP contribution is 2.20. The van der Waals surface area contributed by atoms with Crippen LogP contribution in [0.4, 0.5) is 0 Å². The fourth-order valence-corrected chi connectivity index (χ4v) is 2.71. The molecule has 0 spiro atoms. The van der Waals surface area contributed by atoms with Crippen molar-refractivity contribution >= 4 is 23.5 Å². The van der Waals surface area contributed by atoms with Gasteiger partial charge in [0.2, 0.25) is 5.91 Å². The molecule has 0 radical (unpaired) electrons. The Hall–Kier alpha value is -1.55. The van der Waals surface area contributed by atoms with Gasteiger partial charge in [-0.25, -0.2) is 0 Å². The molecule has 19 heavy (non-hydrogen) atoms. The number of rotatable bonds is 5. The van der Waals surface area contributed by atoms with Crippen LogP contribution in [0.3, 0.4) is 0 Å². The molecule has 0 saturated carbocycles. The number of allylic oxidation sites excluding steroid dienone is 1. The minimum atomic E-state index is 0.0289. The van der Waals surface area contributed by atoms with Crippen LogP contribution in [0.15, 0.2) is 41.4 Å². The minimum absolute atomic E-state index is 0.0289. The lowest BCUT2D eigenvalue weighted by molar-refractivity contribution is -0.125. The Morgan fingerprint density at radius 3 is 2.89 bits per heavy atom. The molecule has 0 unspecified atom stereocenters. The van der Waals surface area contributed by atoms with Gasteiger partial charge in [0, 0.05) is 30.5 Å². The average Bonchev–Trinajstić information content (AvgIpc) is 2.82. The van der Waals surface area contributed by atoms with Crippen LogP contribution < -0.4 is 0 Å². The molecule has 1 aromatic carbocycles. The zero-order chi connectivity index (χ0) is 13.7. The Morgan fingerprint density at radius 2 is 2.21 bits per heavy atom. The van der Waals surface area contributed by atoms with Gasteiger partial charge in [0.25, 0.3) is 0 Å². The van der Waals surface area contributed by atoms with Crippen LogP contribution in [-0.4, -0.2) is 29.4 Å². The number of ketones is 1. The SMILES string of the molecule is CSc1ccccc1CC(=O)C=CN1CCCC1=O. The number of amides is 1. The molecule has 100 valence electrons. The second-order valence-electron chi connectivity index (χ2n) is 4.46. The molecule has 1 heterocycles. The van der Waals surface area contributed by atoms with Crippen LogP contribution in [0.1, 0.15) is 18.4 Å². The van der Waals surface area contributed by atoms with E-state index in [1.54, 1.807) is 22.9 Å². The molecule has 0 aliphatic carbocycles. The smallest absolute Gasteiger partial charge is 0.226 e. The minimum Gasteiger partial charge on any atom is -0.319 e. The number of thioether (sulfide) groups is 1. The van der Waals surface area contributed by atoms with Gasteiger partial charge in [0.05, 0.1) is 0 Å². The summed E-state index contributed by atoms with van der Waals surface area (Å²) >= 11 is 1.64. The quantitative estimate of drug-likeness (QED) is 0.612. The molecule has 1 saturated heterocycles. The van der Waals surface area contributed by atoms with E-state index in [0.29, 0.717) is 12.8 Å². The Labute approximate surface area is 117 Å². The number of benzene rings is 1. The summed E-state index contributed by atoms with van der Waals surface area (Å²) in [5, 5.41) is 0. The molecular formula is C15H17NO2S. The van der Waals surface area contributed by atoms with E-state index < -0.39 is 0 Å². The molecule has 1 fully saturated rings. The van der Waals surface area contributed by atoms with E-state index >= 15 is 0 Å². The maximum Gasteiger partial charge on any atom is 0.226 e. The highest BCUT2D eigenvalue weighted by Gasteiger charge is 2.17. The van der Waals surface area contributed by atoms with Crippen molar-refractivity contribution in [2.45, 2.75) is 24.2 Å². The Balaban J connectivity index is 1.97. The topological polar surface area (TPSA) is 37.4 Å². The fourth-order valence-electron chi connectivity index (χ4n) is 2.10. The highest BCUT2D eigenvalue weighted by atomic mass is 32.2. The molecule has 0 atom stereocenters. The van der Waals surface area contributed by atoms with Gasteiger partial charge < -0.3 is 4.90 Å². The fraction of sp³-hybridized carbons (Fsp3) is 0.333. The first-order valence-electron chi connectivity index (χ1n) is 6.33. The number of carbonyl (C=O) groups excluding carboxylic acids is 2. The molecule has 1 aromatic rings. The van der Waals surface area contributed by atoms with Crippen LogP contribution in [0.5, 0.6) is 0 Å². The van der Waals surface area contributed by atoms with Gasteiger partial charge in [0.15, 0.2) is 5.78 Å². The van der Waals surface area contributed by atoms with Crippen LogP contribution >= 0.6 is 11.8 Å². The number of carbonyl (C=O) groups is 2. The standard InChI is InChI=1S/C15H17NO2S/c1-19-14-6-3-2-5-12(14)11-13(17)8-10-16-9-4-7-15(16)18/h2-3,5-6,8,10H,4,7,9,11H2,1H3. The average molecular weight is 275 g/mol.